The molecule has 4 rings (SSSR count). The van der Waals surface area contributed by atoms with E-state index in [2.05, 4.69) is 6.92 Å². The molecule has 0 heterocycles. The molecule has 8 unspecified atom stereocenters. The topological polar surface area (TPSA) is 94.8 Å². The lowest BCUT2D eigenvalue weighted by molar-refractivity contribution is -0.188. The molecular weight excluding hydrogens is 351 g/mol. The van der Waals surface area contributed by atoms with Gasteiger partial charge < -0.3 is 15.3 Å². The Morgan fingerprint density at radius 1 is 1.33 bits per heavy atom. The SMILES string of the molecule is CC12CCC(=O)C=C1CCC1C2C(O)CC2(C)C1CC(F)C2(O)C(=O)CO. The van der Waals surface area contributed by atoms with E-state index in [0.29, 0.717) is 19.3 Å². The minimum atomic E-state index is -2.25. The van der Waals surface area contributed by atoms with Crippen molar-refractivity contribution < 1.29 is 29.3 Å². The summed E-state index contributed by atoms with van der Waals surface area (Å²) in [7, 11) is 0. The summed E-state index contributed by atoms with van der Waals surface area (Å²) in [5.41, 5.74) is -2.57. The maximum absolute atomic E-state index is 15.0. The predicted molar refractivity (Wildman–Crippen MR) is 95.4 cm³/mol. The minimum absolute atomic E-state index is 0.0205. The van der Waals surface area contributed by atoms with Gasteiger partial charge in [0.25, 0.3) is 0 Å². The molecule has 27 heavy (non-hydrogen) atoms. The Balaban J connectivity index is 1.77. The first kappa shape index (κ1) is 19.2. The second-order valence-corrected chi connectivity index (χ2v) is 9.63. The van der Waals surface area contributed by atoms with E-state index in [4.69, 9.17) is 0 Å². The lowest BCUT2D eigenvalue weighted by Crippen LogP contribution is -2.63. The highest BCUT2D eigenvalue weighted by Gasteiger charge is 2.72. The molecule has 0 aliphatic heterocycles. The fraction of sp³-hybridized carbons (Fsp3) is 0.810. The Labute approximate surface area is 158 Å². The summed E-state index contributed by atoms with van der Waals surface area (Å²) in [6.07, 6.45) is 1.97. The monoisotopic (exact) mass is 380 g/mol. The van der Waals surface area contributed by atoms with Crippen molar-refractivity contribution >= 4 is 11.6 Å². The summed E-state index contributed by atoms with van der Waals surface area (Å²) in [6.45, 7) is 2.89. The molecule has 0 spiro atoms. The van der Waals surface area contributed by atoms with E-state index in [1.54, 1.807) is 13.0 Å². The summed E-state index contributed by atoms with van der Waals surface area (Å²) in [5, 5.41) is 31.5. The molecule has 0 amide bonds. The van der Waals surface area contributed by atoms with Crippen molar-refractivity contribution in [2.45, 2.75) is 70.2 Å². The molecule has 8 atom stereocenters. The molecule has 3 saturated carbocycles. The summed E-state index contributed by atoms with van der Waals surface area (Å²) in [5.74, 6) is -1.13. The van der Waals surface area contributed by atoms with Gasteiger partial charge in [-0.1, -0.05) is 19.4 Å². The van der Waals surface area contributed by atoms with Gasteiger partial charge in [0.2, 0.25) is 0 Å². The van der Waals surface area contributed by atoms with Crippen molar-refractivity contribution in [1.29, 1.82) is 0 Å². The Kier molecular flexibility index (Phi) is 4.23. The van der Waals surface area contributed by atoms with E-state index in [0.717, 1.165) is 12.0 Å². The average molecular weight is 380 g/mol. The molecule has 0 saturated heterocycles. The van der Waals surface area contributed by atoms with Gasteiger partial charge in [0.1, 0.15) is 12.8 Å². The smallest absolute Gasteiger partial charge is 0.193 e. The van der Waals surface area contributed by atoms with Gasteiger partial charge in [0, 0.05) is 11.8 Å². The van der Waals surface area contributed by atoms with E-state index >= 15 is 4.39 Å². The fourth-order valence-electron chi connectivity index (χ4n) is 7.27. The highest BCUT2D eigenvalue weighted by atomic mass is 19.1. The molecule has 150 valence electrons. The Morgan fingerprint density at radius 3 is 2.70 bits per heavy atom. The van der Waals surface area contributed by atoms with Gasteiger partial charge in [0.15, 0.2) is 17.2 Å². The van der Waals surface area contributed by atoms with Gasteiger partial charge in [-0.05, 0) is 61.3 Å². The number of fused-ring (bicyclic) bond motifs is 5. The van der Waals surface area contributed by atoms with Gasteiger partial charge >= 0.3 is 0 Å². The summed E-state index contributed by atoms with van der Waals surface area (Å²) in [4.78, 5) is 24.2. The molecule has 3 N–H and O–H groups in total. The zero-order chi connectivity index (χ0) is 19.8. The second kappa shape index (κ2) is 5.94. The number of rotatable bonds is 2. The van der Waals surface area contributed by atoms with Crippen LogP contribution in [-0.2, 0) is 9.59 Å². The van der Waals surface area contributed by atoms with Crippen LogP contribution < -0.4 is 0 Å². The van der Waals surface area contributed by atoms with Gasteiger partial charge in [-0.3, -0.25) is 9.59 Å². The van der Waals surface area contributed by atoms with Crippen LogP contribution in [0.4, 0.5) is 4.39 Å². The van der Waals surface area contributed by atoms with Crippen molar-refractivity contribution in [2.24, 2.45) is 28.6 Å². The maximum atomic E-state index is 15.0. The van der Waals surface area contributed by atoms with Crippen LogP contribution >= 0.6 is 0 Å². The van der Waals surface area contributed by atoms with E-state index in [1.807, 2.05) is 0 Å². The number of Topliss-reactive ketones (excluding diaryl/α,β-unsaturated/α-hetero) is 1. The second-order valence-electron chi connectivity index (χ2n) is 9.63. The first-order chi connectivity index (χ1) is 12.6. The number of halogens is 1. The van der Waals surface area contributed by atoms with Gasteiger partial charge in [-0.25, -0.2) is 4.39 Å². The Hall–Kier alpha value is -1.11. The number of hydrogen-bond acceptors (Lipinski definition) is 5. The van der Waals surface area contributed by atoms with Crippen LogP contribution in [0.15, 0.2) is 11.6 Å². The summed E-state index contributed by atoms with van der Waals surface area (Å²) >= 11 is 0. The van der Waals surface area contributed by atoms with Crippen molar-refractivity contribution in [3.63, 3.8) is 0 Å². The van der Waals surface area contributed by atoms with Gasteiger partial charge in [0.05, 0.1) is 6.10 Å². The highest BCUT2D eigenvalue weighted by Crippen LogP contribution is 2.68. The van der Waals surface area contributed by atoms with Crippen LogP contribution in [0.2, 0.25) is 0 Å². The predicted octanol–water partition coefficient (Wildman–Crippen LogP) is 1.73. The Morgan fingerprint density at radius 2 is 2.04 bits per heavy atom. The number of carbonyl (C=O) groups excluding carboxylic acids is 2. The maximum Gasteiger partial charge on any atom is 0.193 e. The van der Waals surface area contributed by atoms with Crippen molar-refractivity contribution in [1.82, 2.24) is 0 Å². The van der Waals surface area contributed by atoms with Crippen molar-refractivity contribution in [2.75, 3.05) is 6.61 Å². The number of hydrogen-bond donors (Lipinski definition) is 3. The van der Waals surface area contributed by atoms with Crippen LogP contribution in [0, 0.1) is 28.6 Å². The molecule has 0 radical (unpaired) electrons. The first-order valence-electron chi connectivity index (χ1n) is 10.0. The van der Waals surface area contributed by atoms with Crippen LogP contribution in [0.3, 0.4) is 0 Å². The molecule has 0 aromatic heterocycles. The molecule has 3 fully saturated rings. The normalized spacial score (nSPS) is 51.9. The van der Waals surface area contributed by atoms with E-state index in [1.165, 1.54) is 0 Å². The zero-order valence-corrected chi connectivity index (χ0v) is 15.9. The largest absolute Gasteiger partial charge is 0.393 e. The first-order valence-corrected chi connectivity index (χ1v) is 10.0. The standard InChI is InChI=1S/C21H29FO5/c1-19-6-5-12(24)7-11(19)3-4-13-14-8-16(22)21(27,17(26)10-23)20(14,2)9-15(25)18(13)19/h7,13-16,18,23,25,27H,3-6,8-10H2,1-2H3. The lowest BCUT2D eigenvalue weighted by atomic mass is 9.45. The zero-order valence-electron chi connectivity index (χ0n) is 15.9. The number of ketones is 2. The molecule has 0 bridgehead atoms. The average Bonchev–Trinajstić information content (AvgIpc) is 2.82. The highest BCUT2D eigenvalue weighted by molar-refractivity contribution is 5.92. The van der Waals surface area contributed by atoms with Crippen LogP contribution in [0.1, 0.15) is 52.4 Å². The lowest BCUT2D eigenvalue weighted by Gasteiger charge is -2.60. The molecule has 4 aliphatic rings. The number of carbonyl (C=O) groups is 2. The van der Waals surface area contributed by atoms with E-state index in [9.17, 15) is 24.9 Å². The van der Waals surface area contributed by atoms with Crippen LogP contribution in [-0.4, -0.2) is 51.4 Å². The molecule has 5 nitrogen and oxygen atoms in total. The summed E-state index contributed by atoms with van der Waals surface area (Å²) < 4.78 is 15.0. The van der Waals surface area contributed by atoms with Crippen LogP contribution in [0.25, 0.3) is 0 Å². The van der Waals surface area contributed by atoms with Gasteiger partial charge in [-0.15, -0.1) is 0 Å². The third-order valence-electron chi connectivity index (χ3n) is 8.64. The quantitative estimate of drug-likeness (QED) is 0.678. The van der Waals surface area contributed by atoms with Gasteiger partial charge in [-0.2, -0.15) is 0 Å². The summed E-state index contributed by atoms with van der Waals surface area (Å²) in [6, 6.07) is 0. The third kappa shape index (κ3) is 2.26. The number of aliphatic hydroxyl groups excluding tert-OH is 2. The molecule has 0 aromatic rings. The third-order valence-corrected chi connectivity index (χ3v) is 8.64. The van der Waals surface area contributed by atoms with E-state index < -0.39 is 35.7 Å². The molecular formula is C21H29FO5. The minimum Gasteiger partial charge on any atom is -0.393 e. The van der Waals surface area contributed by atoms with Crippen molar-refractivity contribution in [3.8, 4) is 0 Å². The van der Waals surface area contributed by atoms with Crippen molar-refractivity contribution in [3.05, 3.63) is 11.6 Å². The van der Waals surface area contributed by atoms with E-state index in [-0.39, 0.29) is 41.8 Å². The number of allylic oxidation sites excluding steroid dienone is 1. The fourth-order valence-corrected chi connectivity index (χ4v) is 7.27. The molecule has 4 aliphatic carbocycles. The number of alkyl halides is 1. The number of aliphatic hydroxyl groups is 3. The molecule has 0 aromatic carbocycles. The molecule has 6 heteroatoms. The van der Waals surface area contributed by atoms with Crippen LogP contribution in [0.5, 0.6) is 0 Å². The Bertz CT molecular complexity index is 719.